The van der Waals surface area contributed by atoms with Gasteiger partial charge in [-0.2, -0.15) is 8.78 Å². The van der Waals surface area contributed by atoms with Crippen LogP contribution >= 0.6 is 0 Å². The highest BCUT2D eigenvalue weighted by Gasteiger charge is 2.30. The van der Waals surface area contributed by atoms with Gasteiger partial charge < -0.3 is 14.0 Å². The smallest absolute Gasteiger partial charge is 0.387 e. The fourth-order valence-corrected chi connectivity index (χ4v) is 5.36. The molecule has 0 amide bonds. The van der Waals surface area contributed by atoms with E-state index in [4.69, 9.17) is 9.47 Å². The lowest BCUT2D eigenvalue weighted by Crippen LogP contribution is -2.14. The van der Waals surface area contributed by atoms with Crippen molar-refractivity contribution in [2.75, 3.05) is 13.2 Å². The zero-order valence-electron chi connectivity index (χ0n) is 19.0. The van der Waals surface area contributed by atoms with Gasteiger partial charge in [-0.15, -0.1) is 0 Å². The fourth-order valence-electron chi connectivity index (χ4n) is 5.36. The van der Waals surface area contributed by atoms with Crippen molar-refractivity contribution in [3.63, 3.8) is 0 Å². The number of imidazole rings is 1. The molecule has 0 unspecified atom stereocenters. The summed E-state index contributed by atoms with van der Waals surface area (Å²) in [6.45, 7) is -1.44. The van der Waals surface area contributed by atoms with Crippen LogP contribution in [-0.4, -0.2) is 34.4 Å². The van der Waals surface area contributed by atoms with Gasteiger partial charge in [0.1, 0.15) is 17.4 Å². The van der Waals surface area contributed by atoms with Gasteiger partial charge >= 0.3 is 6.61 Å². The zero-order chi connectivity index (χ0) is 23.9. The van der Waals surface area contributed by atoms with Crippen LogP contribution < -0.4 is 4.74 Å². The van der Waals surface area contributed by atoms with Crippen molar-refractivity contribution in [1.82, 2.24) is 14.5 Å². The van der Waals surface area contributed by atoms with E-state index >= 15 is 4.39 Å². The van der Waals surface area contributed by atoms with Crippen LogP contribution in [0.5, 0.6) is 5.75 Å². The van der Waals surface area contributed by atoms with E-state index in [9.17, 15) is 8.78 Å². The molecule has 2 aliphatic rings. The highest BCUT2D eigenvalue weighted by molar-refractivity contribution is 5.83. The number of nitrogens with zero attached hydrogens (tertiary/aromatic N) is 3. The maximum atomic E-state index is 15.2. The maximum Gasteiger partial charge on any atom is 0.387 e. The summed E-state index contributed by atoms with van der Waals surface area (Å²) in [6.07, 6.45) is 4.97. The van der Waals surface area contributed by atoms with Crippen LogP contribution in [0, 0.1) is 5.82 Å². The van der Waals surface area contributed by atoms with Gasteiger partial charge in [-0.25, -0.2) is 9.37 Å². The number of halogens is 3. The number of alkyl halides is 2. The van der Waals surface area contributed by atoms with E-state index in [1.54, 1.807) is 30.5 Å². The first-order valence-electron chi connectivity index (χ1n) is 11.9. The predicted molar refractivity (Wildman–Crippen MR) is 125 cm³/mol. The number of pyridine rings is 1. The molecule has 1 saturated heterocycles. The Morgan fingerprint density at radius 2 is 1.86 bits per heavy atom. The number of para-hydroxylation sites is 1. The average Bonchev–Trinajstić information content (AvgIpc) is 3.43. The quantitative estimate of drug-likeness (QED) is 0.339. The Bertz CT molecular complexity index is 1360. The summed E-state index contributed by atoms with van der Waals surface area (Å²) in [7, 11) is 0. The first-order chi connectivity index (χ1) is 17.1. The van der Waals surface area contributed by atoms with Crippen molar-refractivity contribution in [1.29, 1.82) is 0 Å². The molecule has 2 aromatic carbocycles. The van der Waals surface area contributed by atoms with Crippen LogP contribution in [0.3, 0.4) is 0 Å². The Morgan fingerprint density at radius 1 is 1.03 bits per heavy atom. The average molecular weight is 480 g/mol. The Kier molecular flexibility index (Phi) is 5.68. The molecule has 180 valence electrons. The van der Waals surface area contributed by atoms with Crippen LogP contribution in [0.15, 0.2) is 54.7 Å². The Morgan fingerprint density at radius 3 is 2.63 bits per heavy atom. The number of benzene rings is 2. The third kappa shape index (κ3) is 4.05. The van der Waals surface area contributed by atoms with E-state index in [0.29, 0.717) is 41.0 Å². The van der Waals surface area contributed by atoms with Gasteiger partial charge in [-0.05, 0) is 37.5 Å². The summed E-state index contributed by atoms with van der Waals surface area (Å²) >= 11 is 0. The SMILES string of the molecule is Fc1cc2nc3n(c2cc1-c1ccc(C2CCOCC2)nc1)[C@@H](c1ccccc1OC(F)F)CC3. The number of fused-ring (bicyclic) bond motifs is 3. The summed E-state index contributed by atoms with van der Waals surface area (Å²) in [5.74, 6) is 0.950. The summed E-state index contributed by atoms with van der Waals surface area (Å²) in [5.41, 5.74) is 4.10. The number of aromatic nitrogens is 3. The van der Waals surface area contributed by atoms with Crippen LogP contribution in [-0.2, 0) is 11.2 Å². The molecule has 0 N–H and O–H groups in total. The molecular formula is C27H24F3N3O2. The van der Waals surface area contributed by atoms with Crippen molar-refractivity contribution in [2.24, 2.45) is 0 Å². The minimum atomic E-state index is -2.91. The lowest BCUT2D eigenvalue weighted by molar-refractivity contribution is -0.0506. The molecular weight excluding hydrogens is 455 g/mol. The highest BCUT2D eigenvalue weighted by Crippen LogP contribution is 2.41. The standard InChI is InChI=1S/C27H24F3N3O2/c28-20-14-22-24(13-19(20)17-5-6-21(31-15-17)16-9-11-34-12-10-16)33-23(7-8-26(33)32-22)18-3-1-2-4-25(18)35-27(29)30/h1-6,13-16,23,27H,7-12H2/t23-/m1/s1. The number of hydrogen-bond acceptors (Lipinski definition) is 4. The molecule has 8 heteroatoms. The Hall–Kier alpha value is -3.39. The van der Waals surface area contributed by atoms with Gasteiger partial charge in [0.25, 0.3) is 0 Å². The van der Waals surface area contributed by atoms with Crippen LogP contribution in [0.4, 0.5) is 13.2 Å². The van der Waals surface area contributed by atoms with E-state index in [1.165, 1.54) is 6.07 Å². The molecule has 4 heterocycles. The van der Waals surface area contributed by atoms with Crippen molar-refractivity contribution in [2.45, 2.75) is 44.3 Å². The second-order valence-electron chi connectivity index (χ2n) is 9.05. The number of aryl methyl sites for hydroxylation is 1. The number of ether oxygens (including phenoxy) is 2. The third-order valence-electron chi connectivity index (χ3n) is 7.04. The topological polar surface area (TPSA) is 49.2 Å². The Labute approximate surface area is 200 Å². The minimum Gasteiger partial charge on any atom is -0.434 e. The van der Waals surface area contributed by atoms with Gasteiger partial charge in [0, 0.05) is 60.2 Å². The van der Waals surface area contributed by atoms with Crippen LogP contribution in [0.1, 0.15) is 48.3 Å². The summed E-state index contributed by atoms with van der Waals surface area (Å²) in [5, 5.41) is 0. The highest BCUT2D eigenvalue weighted by atomic mass is 19.3. The molecule has 0 bridgehead atoms. The van der Waals surface area contributed by atoms with Gasteiger partial charge in [0.15, 0.2) is 0 Å². The molecule has 2 aromatic heterocycles. The number of hydrogen-bond donors (Lipinski definition) is 0. The Balaban J connectivity index is 1.39. The molecule has 35 heavy (non-hydrogen) atoms. The van der Waals surface area contributed by atoms with Crippen LogP contribution in [0.2, 0.25) is 0 Å². The summed E-state index contributed by atoms with van der Waals surface area (Å²) in [4.78, 5) is 9.27. The first kappa shape index (κ1) is 22.1. The molecule has 4 aromatic rings. The molecule has 0 radical (unpaired) electrons. The molecule has 1 fully saturated rings. The fraction of sp³-hybridized carbons (Fsp3) is 0.333. The zero-order valence-corrected chi connectivity index (χ0v) is 19.0. The predicted octanol–water partition coefficient (Wildman–Crippen LogP) is 6.27. The lowest BCUT2D eigenvalue weighted by Gasteiger charge is -2.21. The minimum absolute atomic E-state index is 0.150. The van der Waals surface area contributed by atoms with Crippen molar-refractivity contribution in [3.05, 3.63) is 77.6 Å². The van der Waals surface area contributed by atoms with Gasteiger partial charge in [-0.1, -0.05) is 24.3 Å². The van der Waals surface area contributed by atoms with E-state index in [0.717, 1.165) is 43.1 Å². The normalized spacial score (nSPS) is 18.3. The maximum absolute atomic E-state index is 15.2. The molecule has 5 nitrogen and oxygen atoms in total. The third-order valence-corrected chi connectivity index (χ3v) is 7.04. The summed E-state index contributed by atoms with van der Waals surface area (Å²) in [6, 6.07) is 13.7. The lowest BCUT2D eigenvalue weighted by atomic mass is 9.95. The molecule has 2 aliphatic heterocycles. The second-order valence-corrected chi connectivity index (χ2v) is 9.05. The van der Waals surface area contributed by atoms with Gasteiger partial charge in [-0.3, -0.25) is 4.98 Å². The van der Waals surface area contributed by atoms with E-state index in [1.807, 2.05) is 22.8 Å². The first-order valence-corrected chi connectivity index (χ1v) is 11.9. The monoisotopic (exact) mass is 479 g/mol. The van der Waals surface area contributed by atoms with Crippen molar-refractivity contribution in [3.8, 4) is 16.9 Å². The van der Waals surface area contributed by atoms with Crippen molar-refractivity contribution >= 4 is 11.0 Å². The van der Waals surface area contributed by atoms with Gasteiger partial charge in [0.05, 0.1) is 17.1 Å². The molecule has 0 spiro atoms. The number of rotatable bonds is 5. The van der Waals surface area contributed by atoms with E-state index in [2.05, 4.69) is 9.97 Å². The molecule has 1 atom stereocenters. The molecule has 0 aliphatic carbocycles. The van der Waals surface area contributed by atoms with Gasteiger partial charge in [0.2, 0.25) is 0 Å². The van der Waals surface area contributed by atoms with E-state index < -0.39 is 6.61 Å². The van der Waals surface area contributed by atoms with Crippen molar-refractivity contribution < 1.29 is 22.6 Å². The van der Waals surface area contributed by atoms with E-state index in [-0.39, 0.29) is 17.6 Å². The largest absolute Gasteiger partial charge is 0.434 e. The molecule has 0 saturated carbocycles. The van der Waals surface area contributed by atoms with Crippen LogP contribution in [0.25, 0.3) is 22.2 Å². The summed E-state index contributed by atoms with van der Waals surface area (Å²) < 4.78 is 53.4. The molecule has 6 rings (SSSR count). The second kappa shape index (κ2) is 9.00.